The maximum atomic E-state index is 10.7. The summed E-state index contributed by atoms with van der Waals surface area (Å²) >= 11 is 0. The third kappa shape index (κ3) is 1.75. The van der Waals surface area contributed by atoms with E-state index in [1.165, 1.54) is 25.5 Å². The van der Waals surface area contributed by atoms with E-state index in [2.05, 4.69) is 0 Å². The Morgan fingerprint density at radius 2 is 2.19 bits per heavy atom. The molecule has 2 aromatic rings. The predicted octanol–water partition coefficient (Wildman–Crippen LogP) is 2.86. The Bertz CT molecular complexity index is 505. The van der Waals surface area contributed by atoms with Crippen molar-refractivity contribution in [2.24, 2.45) is 0 Å². The number of non-ortho nitro benzene ring substituents is 1. The van der Waals surface area contributed by atoms with E-state index in [0.717, 1.165) is 0 Å². The molecule has 82 valence electrons. The summed E-state index contributed by atoms with van der Waals surface area (Å²) in [6.07, 6.45) is 1.51. The summed E-state index contributed by atoms with van der Waals surface area (Å²) < 4.78 is 10.3. The Morgan fingerprint density at radius 3 is 2.75 bits per heavy atom. The van der Waals surface area contributed by atoms with Crippen molar-refractivity contribution in [2.75, 3.05) is 7.11 Å². The number of benzene rings is 1. The van der Waals surface area contributed by atoms with Gasteiger partial charge in [-0.25, -0.2) is 0 Å². The Kier molecular flexibility index (Phi) is 2.59. The van der Waals surface area contributed by atoms with Crippen LogP contribution < -0.4 is 4.74 Å². The van der Waals surface area contributed by atoms with E-state index in [1.54, 1.807) is 18.2 Å². The van der Waals surface area contributed by atoms with Crippen molar-refractivity contribution in [3.63, 3.8) is 0 Å². The van der Waals surface area contributed by atoms with E-state index in [1.807, 2.05) is 0 Å². The van der Waals surface area contributed by atoms with Gasteiger partial charge in [0, 0.05) is 12.1 Å². The lowest BCUT2D eigenvalue weighted by Crippen LogP contribution is -1.91. The van der Waals surface area contributed by atoms with Crippen molar-refractivity contribution in [2.45, 2.75) is 0 Å². The number of nitro groups is 1. The lowest BCUT2D eigenvalue weighted by molar-refractivity contribution is -0.384. The van der Waals surface area contributed by atoms with Gasteiger partial charge in [0.2, 0.25) is 0 Å². The van der Waals surface area contributed by atoms with Crippen molar-refractivity contribution >= 4 is 5.69 Å². The fourth-order valence-electron chi connectivity index (χ4n) is 1.43. The molecule has 0 saturated carbocycles. The van der Waals surface area contributed by atoms with Gasteiger partial charge in [-0.3, -0.25) is 10.1 Å². The molecule has 0 atom stereocenters. The SMILES string of the molecule is COc1ccc([N+](=O)[O-])cc1-c1ccco1. The molecule has 0 spiro atoms. The number of rotatable bonds is 3. The van der Waals surface area contributed by atoms with Crippen LogP contribution >= 0.6 is 0 Å². The maximum Gasteiger partial charge on any atom is 0.270 e. The van der Waals surface area contributed by atoms with Crippen molar-refractivity contribution in [3.8, 4) is 17.1 Å². The molecule has 0 bridgehead atoms. The smallest absolute Gasteiger partial charge is 0.270 e. The van der Waals surface area contributed by atoms with Gasteiger partial charge >= 0.3 is 0 Å². The normalized spacial score (nSPS) is 10.1. The van der Waals surface area contributed by atoms with Crippen LogP contribution in [0.5, 0.6) is 5.75 Å². The molecule has 16 heavy (non-hydrogen) atoms. The number of ether oxygens (including phenoxy) is 1. The van der Waals surface area contributed by atoms with Gasteiger partial charge in [0.05, 0.1) is 23.9 Å². The zero-order chi connectivity index (χ0) is 11.5. The van der Waals surface area contributed by atoms with Gasteiger partial charge < -0.3 is 9.15 Å². The fraction of sp³-hybridized carbons (Fsp3) is 0.0909. The summed E-state index contributed by atoms with van der Waals surface area (Å²) in [7, 11) is 1.51. The van der Waals surface area contributed by atoms with Crippen LogP contribution in [0.2, 0.25) is 0 Å². The Morgan fingerprint density at radius 1 is 1.38 bits per heavy atom. The number of nitrogens with zero attached hydrogens (tertiary/aromatic N) is 1. The molecular formula is C11H9NO4. The minimum absolute atomic E-state index is 0.00667. The zero-order valence-corrected chi connectivity index (χ0v) is 8.54. The molecule has 0 radical (unpaired) electrons. The van der Waals surface area contributed by atoms with Crippen molar-refractivity contribution in [1.82, 2.24) is 0 Å². The standard InChI is InChI=1S/C11H9NO4/c1-15-10-5-4-8(12(13)14)7-9(10)11-3-2-6-16-11/h2-7H,1H3. The highest BCUT2D eigenvalue weighted by Gasteiger charge is 2.14. The molecule has 0 aliphatic carbocycles. The van der Waals surface area contributed by atoms with Crippen molar-refractivity contribution in [3.05, 3.63) is 46.7 Å². The topological polar surface area (TPSA) is 65.5 Å². The largest absolute Gasteiger partial charge is 0.496 e. The first kappa shape index (κ1) is 10.2. The van der Waals surface area contributed by atoms with Gasteiger partial charge in [0.25, 0.3) is 5.69 Å². The zero-order valence-electron chi connectivity index (χ0n) is 8.54. The second kappa shape index (κ2) is 4.06. The Balaban J connectivity index is 2.56. The van der Waals surface area contributed by atoms with Gasteiger partial charge in [0.1, 0.15) is 11.5 Å². The molecule has 1 heterocycles. The first-order valence-electron chi connectivity index (χ1n) is 4.58. The second-order valence-corrected chi connectivity index (χ2v) is 3.12. The summed E-state index contributed by atoms with van der Waals surface area (Å²) in [6.45, 7) is 0. The van der Waals surface area contributed by atoms with Crippen LogP contribution in [-0.4, -0.2) is 12.0 Å². The first-order valence-corrected chi connectivity index (χ1v) is 4.58. The number of methoxy groups -OCH3 is 1. The number of nitro benzene ring substituents is 1. The number of furan rings is 1. The summed E-state index contributed by atoms with van der Waals surface area (Å²) in [5.74, 6) is 1.08. The van der Waals surface area contributed by atoms with Crippen molar-refractivity contribution < 1.29 is 14.1 Å². The molecule has 0 fully saturated rings. The molecule has 0 aliphatic rings. The summed E-state index contributed by atoms with van der Waals surface area (Å²) in [5, 5.41) is 10.7. The predicted molar refractivity (Wildman–Crippen MR) is 57.4 cm³/mol. The number of hydrogen-bond donors (Lipinski definition) is 0. The highest BCUT2D eigenvalue weighted by atomic mass is 16.6. The molecule has 0 N–H and O–H groups in total. The van der Waals surface area contributed by atoms with E-state index in [0.29, 0.717) is 17.1 Å². The quantitative estimate of drug-likeness (QED) is 0.588. The average Bonchev–Trinajstić information content (AvgIpc) is 2.81. The van der Waals surface area contributed by atoms with Crippen LogP contribution in [0.4, 0.5) is 5.69 Å². The lowest BCUT2D eigenvalue weighted by atomic mass is 10.1. The lowest BCUT2D eigenvalue weighted by Gasteiger charge is -2.05. The highest BCUT2D eigenvalue weighted by molar-refractivity contribution is 5.68. The molecule has 5 heteroatoms. The second-order valence-electron chi connectivity index (χ2n) is 3.12. The van der Waals surface area contributed by atoms with Crippen LogP contribution in [0, 0.1) is 10.1 Å². The molecule has 0 unspecified atom stereocenters. The van der Waals surface area contributed by atoms with Gasteiger partial charge in [-0.2, -0.15) is 0 Å². The van der Waals surface area contributed by atoms with Gasteiger partial charge in [-0.05, 0) is 18.2 Å². The molecule has 1 aromatic carbocycles. The average molecular weight is 219 g/mol. The molecule has 0 amide bonds. The van der Waals surface area contributed by atoms with Crippen LogP contribution in [0.15, 0.2) is 41.0 Å². The Labute approximate surface area is 91.4 Å². The first-order chi connectivity index (χ1) is 7.72. The molecule has 2 rings (SSSR count). The van der Waals surface area contributed by atoms with Gasteiger partial charge in [0.15, 0.2) is 0 Å². The van der Waals surface area contributed by atoms with Gasteiger partial charge in [-0.1, -0.05) is 0 Å². The van der Waals surface area contributed by atoms with E-state index < -0.39 is 4.92 Å². The highest BCUT2D eigenvalue weighted by Crippen LogP contribution is 2.33. The van der Waals surface area contributed by atoms with Crippen LogP contribution in [-0.2, 0) is 0 Å². The van der Waals surface area contributed by atoms with E-state index in [9.17, 15) is 10.1 Å². The molecule has 0 saturated heterocycles. The monoisotopic (exact) mass is 219 g/mol. The summed E-state index contributed by atoms with van der Waals surface area (Å²) in [5.41, 5.74) is 0.578. The van der Waals surface area contributed by atoms with E-state index >= 15 is 0 Å². The third-order valence-electron chi connectivity index (χ3n) is 2.18. The molecule has 5 nitrogen and oxygen atoms in total. The van der Waals surface area contributed by atoms with Crippen LogP contribution in [0.3, 0.4) is 0 Å². The van der Waals surface area contributed by atoms with E-state index in [-0.39, 0.29) is 5.69 Å². The van der Waals surface area contributed by atoms with Crippen LogP contribution in [0.1, 0.15) is 0 Å². The summed E-state index contributed by atoms with van der Waals surface area (Å²) in [6, 6.07) is 7.81. The molecule has 0 aliphatic heterocycles. The Hall–Kier alpha value is -2.30. The third-order valence-corrected chi connectivity index (χ3v) is 2.18. The maximum absolute atomic E-state index is 10.7. The fourth-order valence-corrected chi connectivity index (χ4v) is 1.43. The molecule has 1 aromatic heterocycles. The van der Waals surface area contributed by atoms with Gasteiger partial charge in [-0.15, -0.1) is 0 Å². The van der Waals surface area contributed by atoms with E-state index in [4.69, 9.17) is 9.15 Å². The van der Waals surface area contributed by atoms with Crippen molar-refractivity contribution in [1.29, 1.82) is 0 Å². The number of hydrogen-bond acceptors (Lipinski definition) is 4. The summed E-state index contributed by atoms with van der Waals surface area (Å²) in [4.78, 5) is 10.2. The molecular weight excluding hydrogens is 210 g/mol. The minimum Gasteiger partial charge on any atom is -0.496 e. The van der Waals surface area contributed by atoms with Crippen LogP contribution in [0.25, 0.3) is 11.3 Å². The minimum atomic E-state index is -0.453.